The number of nitrogens with zero attached hydrogens (tertiary/aromatic N) is 2. The van der Waals surface area contributed by atoms with Crippen molar-refractivity contribution in [2.24, 2.45) is 22.7 Å². The topological polar surface area (TPSA) is 62.9 Å². The third kappa shape index (κ3) is 4.16. The molecule has 0 aromatic heterocycles. The molecule has 0 spiro atoms. The van der Waals surface area contributed by atoms with Crippen molar-refractivity contribution in [2.45, 2.75) is 33.2 Å². The highest BCUT2D eigenvalue weighted by molar-refractivity contribution is 5.79. The molecule has 0 radical (unpaired) electrons. The molecule has 5 heteroatoms. The van der Waals surface area contributed by atoms with Crippen molar-refractivity contribution in [3.05, 3.63) is 0 Å². The van der Waals surface area contributed by atoms with Crippen molar-refractivity contribution < 1.29 is 4.74 Å². The van der Waals surface area contributed by atoms with Gasteiger partial charge in [0.1, 0.15) is 0 Å². The van der Waals surface area contributed by atoms with Crippen molar-refractivity contribution in [3.8, 4) is 0 Å². The zero-order valence-corrected chi connectivity index (χ0v) is 11.4. The Kier molecular flexibility index (Phi) is 5.71. The van der Waals surface area contributed by atoms with E-state index in [4.69, 9.17) is 10.6 Å². The number of ether oxygens (including phenoxy) is 1. The van der Waals surface area contributed by atoms with Crippen molar-refractivity contribution in [1.82, 2.24) is 10.3 Å². The first-order chi connectivity index (χ1) is 8.08. The fourth-order valence-electron chi connectivity index (χ4n) is 2.22. The van der Waals surface area contributed by atoms with E-state index in [1.807, 2.05) is 6.92 Å². The summed E-state index contributed by atoms with van der Waals surface area (Å²) in [6.07, 6.45) is 1.22. The van der Waals surface area contributed by atoms with Gasteiger partial charge in [-0.05, 0) is 25.2 Å². The maximum absolute atomic E-state index is 5.56. The third-order valence-electron chi connectivity index (χ3n) is 3.35. The van der Waals surface area contributed by atoms with Crippen LogP contribution in [0.25, 0.3) is 0 Å². The van der Waals surface area contributed by atoms with E-state index in [1.54, 1.807) is 7.11 Å². The number of aliphatic imine (C=N–C) groups is 1. The highest BCUT2D eigenvalue weighted by Crippen LogP contribution is 2.23. The van der Waals surface area contributed by atoms with E-state index in [9.17, 15) is 0 Å². The second kappa shape index (κ2) is 6.81. The Hall–Kier alpha value is -0.810. The maximum atomic E-state index is 5.56. The summed E-state index contributed by atoms with van der Waals surface area (Å²) in [5, 5.41) is 0. The normalized spacial score (nSPS) is 23.3. The minimum absolute atomic E-state index is 0.129. The lowest BCUT2D eigenvalue weighted by molar-refractivity contribution is 0.185. The molecule has 17 heavy (non-hydrogen) atoms. The molecule has 1 fully saturated rings. The fourth-order valence-corrected chi connectivity index (χ4v) is 2.22. The van der Waals surface area contributed by atoms with Crippen LogP contribution in [0.3, 0.4) is 0 Å². The number of nitrogens with one attached hydrogen (secondary N) is 1. The van der Waals surface area contributed by atoms with E-state index in [1.165, 1.54) is 6.42 Å². The van der Waals surface area contributed by atoms with Gasteiger partial charge >= 0.3 is 0 Å². The smallest absolute Gasteiger partial charge is 0.208 e. The summed E-state index contributed by atoms with van der Waals surface area (Å²) in [6.45, 7) is 9.26. The standard InChI is InChI=1S/C12H26N4O/c1-9(2)11-5-6-16(7-11)12(15-13)14-10(3)8-17-4/h9-11H,5-8,13H2,1-4H3,(H,14,15). The van der Waals surface area contributed by atoms with Crippen LogP contribution >= 0.6 is 0 Å². The predicted octanol–water partition coefficient (Wildman–Crippen LogP) is 0.819. The van der Waals surface area contributed by atoms with Crippen LogP contribution in [-0.2, 0) is 4.74 Å². The van der Waals surface area contributed by atoms with Gasteiger partial charge in [-0.2, -0.15) is 0 Å². The monoisotopic (exact) mass is 242 g/mol. The van der Waals surface area contributed by atoms with Crippen LogP contribution in [0.4, 0.5) is 0 Å². The summed E-state index contributed by atoms with van der Waals surface area (Å²) in [5.41, 5.74) is 2.71. The Bertz CT molecular complexity index is 255. The lowest BCUT2D eigenvalue weighted by Crippen LogP contribution is -2.44. The molecule has 5 nitrogen and oxygen atoms in total. The minimum Gasteiger partial charge on any atom is -0.382 e. The Morgan fingerprint density at radius 1 is 1.53 bits per heavy atom. The lowest BCUT2D eigenvalue weighted by atomic mass is 9.95. The van der Waals surface area contributed by atoms with Gasteiger partial charge in [0, 0.05) is 20.2 Å². The summed E-state index contributed by atoms with van der Waals surface area (Å²) in [6, 6.07) is 0.129. The molecule has 1 heterocycles. The maximum Gasteiger partial charge on any atom is 0.208 e. The SMILES string of the molecule is COCC(C)N=C(NN)N1CCC(C(C)C)C1. The number of hydrogen-bond donors (Lipinski definition) is 2. The van der Waals surface area contributed by atoms with Crippen LogP contribution in [0, 0.1) is 11.8 Å². The van der Waals surface area contributed by atoms with Crippen LogP contribution in [0.1, 0.15) is 27.2 Å². The number of hydrogen-bond acceptors (Lipinski definition) is 3. The van der Waals surface area contributed by atoms with Gasteiger partial charge in [0.05, 0.1) is 12.6 Å². The fraction of sp³-hybridized carbons (Fsp3) is 0.917. The van der Waals surface area contributed by atoms with E-state index >= 15 is 0 Å². The zero-order valence-electron chi connectivity index (χ0n) is 11.4. The number of nitrogens with two attached hydrogens (primary N) is 1. The molecule has 0 bridgehead atoms. The summed E-state index contributed by atoms with van der Waals surface area (Å²) in [4.78, 5) is 6.77. The van der Waals surface area contributed by atoms with Gasteiger partial charge in [0.25, 0.3) is 0 Å². The molecule has 100 valence electrons. The molecule has 0 aromatic rings. The first-order valence-electron chi connectivity index (χ1n) is 6.36. The number of likely N-dealkylation sites (tertiary alicyclic amines) is 1. The largest absolute Gasteiger partial charge is 0.382 e. The number of methoxy groups -OCH3 is 1. The van der Waals surface area contributed by atoms with Crippen LogP contribution in [0.5, 0.6) is 0 Å². The molecule has 1 rings (SSSR count). The van der Waals surface area contributed by atoms with E-state index in [2.05, 4.69) is 29.2 Å². The zero-order chi connectivity index (χ0) is 12.8. The Morgan fingerprint density at radius 3 is 2.71 bits per heavy atom. The Balaban J connectivity index is 2.57. The molecular formula is C12H26N4O. The Morgan fingerprint density at radius 2 is 2.24 bits per heavy atom. The highest BCUT2D eigenvalue weighted by Gasteiger charge is 2.26. The van der Waals surface area contributed by atoms with E-state index < -0.39 is 0 Å². The van der Waals surface area contributed by atoms with E-state index in [0.29, 0.717) is 6.61 Å². The molecule has 0 aromatic carbocycles. The van der Waals surface area contributed by atoms with E-state index in [0.717, 1.165) is 30.9 Å². The summed E-state index contributed by atoms with van der Waals surface area (Å²) in [7, 11) is 1.69. The molecule has 2 unspecified atom stereocenters. The average molecular weight is 242 g/mol. The van der Waals surface area contributed by atoms with Gasteiger partial charge in [-0.25, -0.2) is 10.8 Å². The summed E-state index contributed by atoms with van der Waals surface area (Å²) < 4.78 is 5.08. The first kappa shape index (κ1) is 14.3. The number of guanidine groups is 1. The van der Waals surface area contributed by atoms with E-state index in [-0.39, 0.29) is 6.04 Å². The van der Waals surface area contributed by atoms with Crippen LogP contribution in [0.2, 0.25) is 0 Å². The molecule has 0 saturated carbocycles. The number of rotatable bonds is 4. The lowest BCUT2D eigenvalue weighted by Gasteiger charge is -2.22. The van der Waals surface area contributed by atoms with Gasteiger partial charge in [-0.1, -0.05) is 13.8 Å². The van der Waals surface area contributed by atoms with Gasteiger partial charge in [-0.15, -0.1) is 0 Å². The second-order valence-electron chi connectivity index (χ2n) is 5.14. The molecule has 0 amide bonds. The molecule has 1 saturated heterocycles. The quantitative estimate of drug-likeness (QED) is 0.331. The van der Waals surface area contributed by atoms with Gasteiger partial charge in [0.2, 0.25) is 5.96 Å². The van der Waals surface area contributed by atoms with Crippen molar-refractivity contribution in [3.63, 3.8) is 0 Å². The van der Waals surface area contributed by atoms with Gasteiger partial charge in [0.15, 0.2) is 0 Å². The van der Waals surface area contributed by atoms with Crippen LogP contribution in [0.15, 0.2) is 4.99 Å². The number of hydrazine groups is 1. The van der Waals surface area contributed by atoms with Crippen LogP contribution in [-0.4, -0.2) is 43.7 Å². The Labute approximate surface area is 104 Å². The van der Waals surface area contributed by atoms with Crippen molar-refractivity contribution >= 4 is 5.96 Å². The summed E-state index contributed by atoms with van der Waals surface area (Å²) >= 11 is 0. The molecule has 1 aliphatic heterocycles. The molecule has 1 aliphatic rings. The summed E-state index contributed by atoms with van der Waals surface area (Å²) in [5.74, 6) is 7.80. The van der Waals surface area contributed by atoms with Crippen molar-refractivity contribution in [2.75, 3.05) is 26.8 Å². The van der Waals surface area contributed by atoms with Gasteiger partial charge in [-0.3, -0.25) is 5.43 Å². The minimum atomic E-state index is 0.129. The van der Waals surface area contributed by atoms with Crippen LogP contribution < -0.4 is 11.3 Å². The highest BCUT2D eigenvalue weighted by atomic mass is 16.5. The van der Waals surface area contributed by atoms with Gasteiger partial charge < -0.3 is 9.64 Å². The van der Waals surface area contributed by atoms with Crippen molar-refractivity contribution in [1.29, 1.82) is 0 Å². The second-order valence-corrected chi connectivity index (χ2v) is 5.14. The first-order valence-corrected chi connectivity index (χ1v) is 6.36. The third-order valence-corrected chi connectivity index (χ3v) is 3.35. The molecule has 2 atom stereocenters. The molecule has 0 aliphatic carbocycles. The average Bonchev–Trinajstić information content (AvgIpc) is 2.75. The molecule has 3 N–H and O–H groups in total. The molecular weight excluding hydrogens is 216 g/mol. The predicted molar refractivity (Wildman–Crippen MR) is 70.6 cm³/mol.